The van der Waals surface area contributed by atoms with Gasteiger partial charge in [-0.3, -0.25) is 0 Å². The Balaban J connectivity index is 1.51. The number of esters is 1. The van der Waals surface area contributed by atoms with Crippen LogP contribution in [0.3, 0.4) is 0 Å². The summed E-state index contributed by atoms with van der Waals surface area (Å²) in [6, 6.07) is 16.3. The zero-order valence-electron chi connectivity index (χ0n) is 14.5. The number of methoxy groups -OCH3 is 1. The summed E-state index contributed by atoms with van der Waals surface area (Å²) in [7, 11) is 1.37. The van der Waals surface area contributed by atoms with Gasteiger partial charge in [0.15, 0.2) is 0 Å². The fourth-order valence-electron chi connectivity index (χ4n) is 3.02. The third kappa shape index (κ3) is 4.63. The number of carbonyl (C=O) groups is 1. The van der Waals surface area contributed by atoms with E-state index < -0.39 is 0 Å². The molecule has 0 aromatic heterocycles. The maximum atomic E-state index is 11.1. The number of aryl methyl sites for hydroxylation is 1. The smallest absolute Gasteiger partial charge is 0.330 e. The van der Waals surface area contributed by atoms with Crippen molar-refractivity contribution in [2.45, 2.75) is 12.8 Å². The van der Waals surface area contributed by atoms with E-state index in [9.17, 15) is 4.79 Å². The number of carbonyl (C=O) groups excluding carboxylic acids is 1. The Morgan fingerprint density at radius 1 is 1.16 bits per heavy atom. The molecule has 0 fully saturated rings. The molecule has 0 aliphatic carbocycles. The lowest BCUT2D eigenvalue weighted by molar-refractivity contribution is -0.134. The first-order valence-corrected chi connectivity index (χ1v) is 8.58. The number of nitrogens with zero attached hydrogens (tertiary/aromatic N) is 1. The number of hydrogen-bond acceptors (Lipinski definition) is 4. The van der Waals surface area contributed by atoms with Crippen LogP contribution in [0.15, 0.2) is 54.6 Å². The summed E-state index contributed by atoms with van der Waals surface area (Å²) in [5.74, 6) is 0.475. The average Bonchev–Trinajstić information content (AvgIpc) is 2.67. The molecule has 2 aromatic carbocycles. The van der Waals surface area contributed by atoms with Gasteiger partial charge >= 0.3 is 5.97 Å². The van der Waals surface area contributed by atoms with E-state index in [0.717, 1.165) is 30.8 Å². The summed E-state index contributed by atoms with van der Waals surface area (Å²) < 4.78 is 10.4. The topological polar surface area (TPSA) is 38.8 Å². The normalized spacial score (nSPS) is 13.6. The second kappa shape index (κ2) is 8.38. The van der Waals surface area contributed by atoms with Crippen molar-refractivity contribution in [3.05, 3.63) is 65.7 Å². The standard InChI is InChI=1S/C21H23NO3/c1-24-21(23)13-10-17-8-11-19(12-9-17)25-16-15-22-14-4-6-18-5-2-3-7-20(18)22/h2-3,5,7-13H,4,6,14-16H2,1H3/b13-10+. The van der Waals surface area contributed by atoms with E-state index in [4.69, 9.17) is 4.74 Å². The highest BCUT2D eigenvalue weighted by atomic mass is 16.5. The number of para-hydroxylation sites is 1. The van der Waals surface area contributed by atoms with E-state index in [2.05, 4.69) is 33.9 Å². The second-order valence-electron chi connectivity index (χ2n) is 5.99. The van der Waals surface area contributed by atoms with Crippen LogP contribution < -0.4 is 9.64 Å². The van der Waals surface area contributed by atoms with Crippen molar-refractivity contribution in [3.8, 4) is 5.75 Å². The van der Waals surface area contributed by atoms with E-state index in [-0.39, 0.29) is 5.97 Å². The molecule has 0 radical (unpaired) electrons. The number of anilines is 1. The van der Waals surface area contributed by atoms with Gasteiger partial charge in [0.05, 0.1) is 13.7 Å². The third-order valence-electron chi connectivity index (χ3n) is 4.33. The first-order chi connectivity index (χ1) is 12.3. The molecule has 0 saturated carbocycles. The number of ether oxygens (including phenoxy) is 2. The lowest BCUT2D eigenvalue weighted by atomic mass is 10.0. The van der Waals surface area contributed by atoms with Crippen LogP contribution >= 0.6 is 0 Å². The van der Waals surface area contributed by atoms with Crippen molar-refractivity contribution in [2.24, 2.45) is 0 Å². The van der Waals surface area contributed by atoms with Crippen LogP contribution in [0.2, 0.25) is 0 Å². The minimum absolute atomic E-state index is 0.359. The first-order valence-electron chi connectivity index (χ1n) is 8.58. The summed E-state index contributed by atoms with van der Waals surface area (Å²) >= 11 is 0. The van der Waals surface area contributed by atoms with Crippen LogP contribution in [0.4, 0.5) is 5.69 Å². The molecule has 1 aliphatic heterocycles. The molecule has 1 aliphatic rings. The third-order valence-corrected chi connectivity index (χ3v) is 4.33. The molecule has 2 aromatic rings. The van der Waals surface area contributed by atoms with Crippen molar-refractivity contribution in [2.75, 3.05) is 31.7 Å². The summed E-state index contributed by atoms with van der Waals surface area (Å²) in [6.45, 7) is 2.60. The van der Waals surface area contributed by atoms with Crippen LogP contribution in [0.5, 0.6) is 5.75 Å². The highest BCUT2D eigenvalue weighted by molar-refractivity contribution is 5.86. The largest absolute Gasteiger partial charge is 0.492 e. The first kappa shape index (κ1) is 17.1. The molecule has 0 unspecified atom stereocenters. The summed E-state index contributed by atoms with van der Waals surface area (Å²) in [5.41, 5.74) is 3.69. The number of benzene rings is 2. The van der Waals surface area contributed by atoms with Crippen molar-refractivity contribution in [1.82, 2.24) is 0 Å². The maximum absolute atomic E-state index is 11.1. The van der Waals surface area contributed by atoms with E-state index in [1.807, 2.05) is 24.3 Å². The van der Waals surface area contributed by atoms with Gasteiger partial charge in [0.1, 0.15) is 12.4 Å². The van der Waals surface area contributed by atoms with E-state index >= 15 is 0 Å². The van der Waals surface area contributed by atoms with Gasteiger partial charge in [0, 0.05) is 18.3 Å². The van der Waals surface area contributed by atoms with Crippen molar-refractivity contribution < 1.29 is 14.3 Å². The van der Waals surface area contributed by atoms with Crippen LogP contribution in [-0.2, 0) is 16.0 Å². The molecule has 0 N–H and O–H groups in total. The number of hydrogen-bond donors (Lipinski definition) is 0. The molecule has 4 nitrogen and oxygen atoms in total. The highest BCUT2D eigenvalue weighted by Gasteiger charge is 2.15. The van der Waals surface area contributed by atoms with Gasteiger partial charge in [0.25, 0.3) is 0 Å². The fraction of sp³-hybridized carbons (Fsp3) is 0.286. The van der Waals surface area contributed by atoms with Gasteiger partial charge in [-0.25, -0.2) is 4.79 Å². The second-order valence-corrected chi connectivity index (χ2v) is 5.99. The van der Waals surface area contributed by atoms with Gasteiger partial charge < -0.3 is 14.4 Å². The van der Waals surface area contributed by atoms with Gasteiger partial charge in [-0.05, 0) is 48.2 Å². The van der Waals surface area contributed by atoms with Crippen molar-refractivity contribution >= 4 is 17.7 Å². The van der Waals surface area contributed by atoms with E-state index in [1.54, 1.807) is 6.08 Å². The Kier molecular flexibility index (Phi) is 5.73. The Hall–Kier alpha value is -2.75. The van der Waals surface area contributed by atoms with Crippen LogP contribution in [0.1, 0.15) is 17.5 Å². The highest BCUT2D eigenvalue weighted by Crippen LogP contribution is 2.26. The Morgan fingerprint density at radius 3 is 2.76 bits per heavy atom. The van der Waals surface area contributed by atoms with Crippen LogP contribution in [0, 0.1) is 0 Å². The average molecular weight is 337 g/mol. The molecular weight excluding hydrogens is 314 g/mol. The summed E-state index contributed by atoms with van der Waals surface area (Å²) in [6.07, 6.45) is 5.48. The Labute approximate surface area is 148 Å². The van der Waals surface area contributed by atoms with Crippen molar-refractivity contribution in [3.63, 3.8) is 0 Å². The van der Waals surface area contributed by atoms with E-state index in [0.29, 0.717) is 6.61 Å². The van der Waals surface area contributed by atoms with Gasteiger partial charge in [-0.15, -0.1) is 0 Å². The molecule has 130 valence electrons. The molecule has 0 bridgehead atoms. The molecular formula is C21H23NO3. The summed E-state index contributed by atoms with van der Waals surface area (Å²) in [4.78, 5) is 13.5. The minimum atomic E-state index is -0.359. The Morgan fingerprint density at radius 2 is 1.96 bits per heavy atom. The minimum Gasteiger partial charge on any atom is -0.492 e. The van der Waals surface area contributed by atoms with Gasteiger partial charge in [-0.1, -0.05) is 30.3 Å². The van der Waals surface area contributed by atoms with Gasteiger partial charge in [-0.2, -0.15) is 0 Å². The molecule has 0 amide bonds. The predicted molar refractivity (Wildman–Crippen MR) is 100.0 cm³/mol. The Bertz CT molecular complexity index is 737. The number of rotatable bonds is 6. The molecule has 0 spiro atoms. The molecule has 1 heterocycles. The summed E-state index contributed by atoms with van der Waals surface area (Å²) in [5, 5.41) is 0. The lowest BCUT2D eigenvalue weighted by Gasteiger charge is -2.31. The molecule has 25 heavy (non-hydrogen) atoms. The van der Waals surface area contributed by atoms with Crippen molar-refractivity contribution in [1.29, 1.82) is 0 Å². The SMILES string of the molecule is COC(=O)/C=C/c1ccc(OCCN2CCCc3ccccc32)cc1. The van der Waals surface area contributed by atoms with Crippen LogP contribution in [-0.4, -0.2) is 32.8 Å². The molecule has 0 atom stereocenters. The monoisotopic (exact) mass is 337 g/mol. The lowest BCUT2D eigenvalue weighted by Crippen LogP contribution is -2.33. The fourth-order valence-corrected chi connectivity index (χ4v) is 3.02. The predicted octanol–water partition coefficient (Wildman–Crippen LogP) is 3.70. The molecule has 3 rings (SSSR count). The molecule has 4 heteroatoms. The quantitative estimate of drug-likeness (QED) is 0.595. The van der Waals surface area contributed by atoms with Gasteiger partial charge in [0.2, 0.25) is 0 Å². The van der Waals surface area contributed by atoms with E-state index in [1.165, 1.54) is 30.9 Å². The molecule has 0 saturated heterocycles. The zero-order valence-corrected chi connectivity index (χ0v) is 14.5. The van der Waals surface area contributed by atoms with Crippen LogP contribution in [0.25, 0.3) is 6.08 Å². The number of fused-ring (bicyclic) bond motifs is 1. The zero-order chi connectivity index (χ0) is 17.5. The maximum Gasteiger partial charge on any atom is 0.330 e.